The first kappa shape index (κ1) is 13.3. The topological polar surface area (TPSA) is 23.5 Å². The Hall–Kier alpha value is 0.270. The van der Waals surface area contributed by atoms with Crippen molar-refractivity contribution < 1.29 is 5.11 Å². The molecule has 1 N–H and O–H groups in total. The molecule has 0 saturated heterocycles. The molecule has 0 aliphatic rings. The SMILES string of the molecule is CCN(CC)CCSCCC(C)O. The lowest BCUT2D eigenvalue weighted by molar-refractivity contribution is 0.192. The maximum Gasteiger partial charge on any atom is 0.0520 e. The molecule has 0 aromatic carbocycles. The van der Waals surface area contributed by atoms with Gasteiger partial charge in [-0.15, -0.1) is 0 Å². The molecule has 2 nitrogen and oxygen atoms in total. The quantitative estimate of drug-likeness (QED) is 0.612. The van der Waals surface area contributed by atoms with Crippen LogP contribution in [0.4, 0.5) is 0 Å². The second-order valence-electron chi connectivity index (χ2n) is 3.28. The third kappa shape index (κ3) is 8.60. The molecule has 0 spiro atoms. The molecule has 1 unspecified atom stereocenters. The van der Waals surface area contributed by atoms with Gasteiger partial charge in [0.15, 0.2) is 0 Å². The second-order valence-corrected chi connectivity index (χ2v) is 4.50. The number of nitrogens with zero attached hydrogens (tertiary/aromatic N) is 1. The van der Waals surface area contributed by atoms with Gasteiger partial charge in [-0.1, -0.05) is 13.8 Å². The van der Waals surface area contributed by atoms with E-state index >= 15 is 0 Å². The minimum absolute atomic E-state index is 0.138. The summed E-state index contributed by atoms with van der Waals surface area (Å²) in [4.78, 5) is 2.43. The Kier molecular flexibility index (Phi) is 9.03. The molecule has 0 rings (SSSR count). The number of hydrogen-bond acceptors (Lipinski definition) is 3. The van der Waals surface area contributed by atoms with Crippen molar-refractivity contribution in [1.82, 2.24) is 4.90 Å². The molecule has 80 valence electrons. The molecule has 0 aliphatic carbocycles. The van der Waals surface area contributed by atoms with Crippen LogP contribution in [0.3, 0.4) is 0 Å². The minimum atomic E-state index is -0.138. The lowest BCUT2D eigenvalue weighted by Gasteiger charge is -2.17. The Balaban J connectivity index is 3.14. The summed E-state index contributed by atoms with van der Waals surface area (Å²) >= 11 is 1.94. The average Bonchev–Trinajstić information content (AvgIpc) is 2.11. The molecule has 0 heterocycles. The fourth-order valence-electron chi connectivity index (χ4n) is 1.09. The van der Waals surface area contributed by atoms with Crippen molar-refractivity contribution in [2.75, 3.05) is 31.1 Å². The van der Waals surface area contributed by atoms with Crippen LogP contribution < -0.4 is 0 Å². The minimum Gasteiger partial charge on any atom is -0.393 e. The summed E-state index contributed by atoms with van der Waals surface area (Å²) in [5.74, 6) is 2.27. The van der Waals surface area contributed by atoms with E-state index in [2.05, 4.69) is 18.7 Å². The molecule has 0 bridgehead atoms. The highest BCUT2D eigenvalue weighted by molar-refractivity contribution is 7.99. The van der Waals surface area contributed by atoms with E-state index in [1.807, 2.05) is 18.7 Å². The van der Waals surface area contributed by atoms with Crippen LogP contribution in [0.5, 0.6) is 0 Å². The Bertz CT molecular complexity index is 105. The highest BCUT2D eigenvalue weighted by Crippen LogP contribution is 2.05. The number of aliphatic hydroxyl groups excluding tert-OH is 1. The zero-order valence-corrected chi connectivity index (χ0v) is 9.94. The molecule has 1 atom stereocenters. The highest BCUT2D eigenvalue weighted by Gasteiger charge is 1.99. The van der Waals surface area contributed by atoms with Crippen LogP contribution in [-0.4, -0.2) is 47.3 Å². The van der Waals surface area contributed by atoms with E-state index in [1.165, 1.54) is 12.3 Å². The zero-order chi connectivity index (χ0) is 10.1. The lowest BCUT2D eigenvalue weighted by atomic mass is 10.3. The normalized spacial score (nSPS) is 13.6. The summed E-state index contributed by atoms with van der Waals surface area (Å²) in [6.45, 7) is 9.72. The third-order valence-corrected chi connectivity index (χ3v) is 3.12. The second kappa shape index (κ2) is 8.85. The summed E-state index contributed by atoms with van der Waals surface area (Å²) in [5.41, 5.74) is 0. The van der Waals surface area contributed by atoms with E-state index in [0.29, 0.717) is 0 Å². The van der Waals surface area contributed by atoms with Gasteiger partial charge in [0.1, 0.15) is 0 Å². The van der Waals surface area contributed by atoms with Crippen LogP contribution in [0.2, 0.25) is 0 Å². The largest absolute Gasteiger partial charge is 0.393 e. The molecule has 0 aliphatic heterocycles. The molecule has 0 amide bonds. The van der Waals surface area contributed by atoms with Crippen molar-refractivity contribution in [3.05, 3.63) is 0 Å². The predicted octanol–water partition coefficient (Wildman–Crippen LogP) is 1.83. The van der Waals surface area contributed by atoms with Crippen molar-refractivity contribution in [1.29, 1.82) is 0 Å². The highest BCUT2D eigenvalue weighted by atomic mass is 32.2. The average molecular weight is 205 g/mol. The molecule has 0 saturated carbocycles. The Morgan fingerprint density at radius 2 is 1.85 bits per heavy atom. The van der Waals surface area contributed by atoms with Crippen LogP contribution in [0.25, 0.3) is 0 Å². The predicted molar refractivity (Wildman–Crippen MR) is 61.4 cm³/mol. The summed E-state index contributed by atoms with van der Waals surface area (Å²) in [6, 6.07) is 0. The molecule has 0 aromatic rings. The number of hydrogen-bond donors (Lipinski definition) is 1. The van der Waals surface area contributed by atoms with Crippen molar-refractivity contribution in [2.24, 2.45) is 0 Å². The number of thioether (sulfide) groups is 1. The van der Waals surface area contributed by atoms with Gasteiger partial charge in [-0.3, -0.25) is 0 Å². The van der Waals surface area contributed by atoms with Gasteiger partial charge in [0.2, 0.25) is 0 Å². The van der Waals surface area contributed by atoms with Gasteiger partial charge in [-0.05, 0) is 32.2 Å². The maximum absolute atomic E-state index is 9.03. The Morgan fingerprint density at radius 1 is 1.23 bits per heavy atom. The van der Waals surface area contributed by atoms with E-state index in [4.69, 9.17) is 5.11 Å². The monoisotopic (exact) mass is 205 g/mol. The fourth-order valence-corrected chi connectivity index (χ4v) is 2.19. The van der Waals surface area contributed by atoms with Crippen LogP contribution in [0.15, 0.2) is 0 Å². The first-order valence-corrected chi connectivity index (χ1v) is 6.34. The molecule has 0 fully saturated rings. The maximum atomic E-state index is 9.03. The van der Waals surface area contributed by atoms with Gasteiger partial charge in [0.05, 0.1) is 6.10 Å². The van der Waals surface area contributed by atoms with E-state index in [1.54, 1.807) is 0 Å². The van der Waals surface area contributed by atoms with Gasteiger partial charge >= 0.3 is 0 Å². The summed E-state index contributed by atoms with van der Waals surface area (Å²) in [6.07, 6.45) is 0.782. The smallest absolute Gasteiger partial charge is 0.0520 e. The first-order chi connectivity index (χ1) is 6.20. The van der Waals surface area contributed by atoms with Gasteiger partial charge in [-0.2, -0.15) is 11.8 Å². The van der Waals surface area contributed by atoms with E-state index in [0.717, 1.165) is 25.3 Å². The number of rotatable bonds is 8. The van der Waals surface area contributed by atoms with Gasteiger partial charge < -0.3 is 10.0 Å². The van der Waals surface area contributed by atoms with Crippen LogP contribution in [0.1, 0.15) is 27.2 Å². The zero-order valence-electron chi connectivity index (χ0n) is 9.12. The lowest BCUT2D eigenvalue weighted by Crippen LogP contribution is -2.25. The summed E-state index contributed by atoms with van der Waals surface area (Å²) in [5, 5.41) is 9.03. The molecule has 0 aromatic heterocycles. The Morgan fingerprint density at radius 3 is 2.31 bits per heavy atom. The number of aliphatic hydroxyl groups is 1. The van der Waals surface area contributed by atoms with Crippen LogP contribution in [-0.2, 0) is 0 Å². The van der Waals surface area contributed by atoms with Crippen molar-refractivity contribution in [3.8, 4) is 0 Å². The van der Waals surface area contributed by atoms with Crippen LogP contribution in [0, 0.1) is 0 Å². The summed E-state index contributed by atoms with van der Waals surface area (Å²) in [7, 11) is 0. The standard InChI is InChI=1S/C10H23NOS/c1-4-11(5-2)7-9-13-8-6-10(3)12/h10,12H,4-9H2,1-3H3. The Labute approximate surface area is 86.7 Å². The van der Waals surface area contributed by atoms with Gasteiger partial charge in [0.25, 0.3) is 0 Å². The molecule has 3 heteroatoms. The molecular weight excluding hydrogens is 182 g/mol. The van der Waals surface area contributed by atoms with Crippen molar-refractivity contribution in [2.45, 2.75) is 33.3 Å². The van der Waals surface area contributed by atoms with E-state index < -0.39 is 0 Å². The van der Waals surface area contributed by atoms with E-state index in [9.17, 15) is 0 Å². The van der Waals surface area contributed by atoms with Crippen molar-refractivity contribution in [3.63, 3.8) is 0 Å². The van der Waals surface area contributed by atoms with Crippen molar-refractivity contribution >= 4 is 11.8 Å². The van der Waals surface area contributed by atoms with Crippen LogP contribution >= 0.6 is 11.8 Å². The molecule has 0 radical (unpaired) electrons. The van der Waals surface area contributed by atoms with E-state index in [-0.39, 0.29) is 6.10 Å². The fraction of sp³-hybridized carbons (Fsp3) is 1.00. The molecule has 13 heavy (non-hydrogen) atoms. The first-order valence-electron chi connectivity index (χ1n) is 5.18. The molecular formula is C10H23NOS. The summed E-state index contributed by atoms with van der Waals surface area (Å²) < 4.78 is 0. The van der Waals surface area contributed by atoms with Gasteiger partial charge in [-0.25, -0.2) is 0 Å². The van der Waals surface area contributed by atoms with Gasteiger partial charge in [0, 0.05) is 12.3 Å². The third-order valence-electron chi connectivity index (χ3n) is 2.13.